The Hall–Kier alpha value is 0.439. The monoisotopic (exact) mass is 328 g/mol. The Morgan fingerprint density at radius 3 is 1.71 bits per heavy atom. The van der Waals surface area contributed by atoms with Crippen molar-refractivity contribution in [2.45, 2.75) is 39.8 Å². The van der Waals surface area contributed by atoms with Gasteiger partial charge in [0, 0.05) is 30.6 Å². The van der Waals surface area contributed by atoms with Crippen molar-refractivity contribution in [3.05, 3.63) is 63.3 Å². The van der Waals surface area contributed by atoms with Gasteiger partial charge in [-0.05, 0) is 86.1 Å². The molecule has 0 heterocycles. The second-order valence-electron chi connectivity index (χ2n) is 5.54. The van der Waals surface area contributed by atoms with Crippen LogP contribution in [0.3, 0.4) is 0 Å². The number of hydrogen-bond donors (Lipinski definition) is 1. The predicted octanol–water partition coefficient (Wildman–Crippen LogP) is 3.08. The molecule has 2 fully saturated rings. The summed E-state index contributed by atoms with van der Waals surface area (Å²) < 4.78 is 0. The van der Waals surface area contributed by atoms with Crippen LogP contribution in [0.15, 0.2) is 0 Å². The van der Waals surface area contributed by atoms with E-state index in [0.29, 0.717) is 12.1 Å². The third-order valence-corrected chi connectivity index (χ3v) is 3.41. The second-order valence-corrected chi connectivity index (χ2v) is 5.54. The first-order chi connectivity index (χ1) is 9.56. The van der Waals surface area contributed by atoms with Crippen LogP contribution in [-0.4, -0.2) is 30.6 Å². The SMILES string of the molecule is CN[C]1[CH][CH][CH][C]1CN(C(C)C)C(C)C.[CH]1[CH][CH][CH][CH]1.[Fe+2]. The number of nitrogens with one attached hydrogen (secondary N) is 1. The number of nitrogens with zero attached hydrogens (tertiary/aromatic N) is 1. The van der Waals surface area contributed by atoms with Gasteiger partial charge in [0.15, 0.2) is 0 Å². The van der Waals surface area contributed by atoms with E-state index < -0.39 is 0 Å². The fourth-order valence-electron chi connectivity index (χ4n) is 2.32. The fraction of sp³-hybridized carbons (Fsp3) is 0.444. The van der Waals surface area contributed by atoms with Crippen molar-refractivity contribution in [1.82, 2.24) is 10.2 Å². The Bertz CT molecular complexity index is 224. The molecular formula is C18H28FeN2+2. The van der Waals surface area contributed by atoms with Crippen molar-refractivity contribution in [3.63, 3.8) is 0 Å². The average Bonchev–Trinajstić information content (AvgIpc) is 3.09. The van der Waals surface area contributed by atoms with Gasteiger partial charge in [0.1, 0.15) is 0 Å². The number of hydrogen-bond acceptors (Lipinski definition) is 2. The van der Waals surface area contributed by atoms with E-state index in [4.69, 9.17) is 0 Å². The van der Waals surface area contributed by atoms with Crippen LogP contribution in [0.2, 0.25) is 0 Å². The second kappa shape index (κ2) is 11.9. The van der Waals surface area contributed by atoms with Crippen molar-refractivity contribution in [3.8, 4) is 0 Å². The molecule has 2 nitrogen and oxygen atoms in total. The molecule has 0 atom stereocenters. The molecule has 2 aliphatic carbocycles. The zero-order chi connectivity index (χ0) is 15.0. The maximum atomic E-state index is 3.23. The summed E-state index contributed by atoms with van der Waals surface area (Å²) in [5, 5.41) is 3.23. The third-order valence-electron chi connectivity index (χ3n) is 3.41. The van der Waals surface area contributed by atoms with Gasteiger partial charge in [-0.1, -0.05) is 0 Å². The summed E-state index contributed by atoms with van der Waals surface area (Å²) in [6.45, 7) is 10.0. The van der Waals surface area contributed by atoms with Crippen molar-refractivity contribution in [2.24, 2.45) is 0 Å². The van der Waals surface area contributed by atoms with Gasteiger partial charge in [-0.2, -0.15) is 0 Å². The van der Waals surface area contributed by atoms with Crippen molar-refractivity contribution < 1.29 is 17.1 Å². The zero-order valence-electron chi connectivity index (χ0n) is 13.8. The molecule has 2 saturated carbocycles. The molecule has 1 N–H and O–H groups in total. The minimum absolute atomic E-state index is 0. The van der Waals surface area contributed by atoms with E-state index in [9.17, 15) is 0 Å². The van der Waals surface area contributed by atoms with Crippen molar-refractivity contribution in [1.29, 1.82) is 0 Å². The van der Waals surface area contributed by atoms with E-state index in [1.165, 1.54) is 12.0 Å². The summed E-state index contributed by atoms with van der Waals surface area (Å²) in [6, 6.07) is 2.43. The van der Waals surface area contributed by atoms with Gasteiger partial charge in [-0.3, -0.25) is 4.90 Å². The first-order valence-electron chi connectivity index (χ1n) is 7.41. The molecule has 3 heteroatoms. The van der Waals surface area contributed by atoms with E-state index >= 15 is 0 Å². The van der Waals surface area contributed by atoms with E-state index in [2.05, 4.69) is 57.2 Å². The van der Waals surface area contributed by atoms with Crippen LogP contribution in [0.4, 0.5) is 0 Å². The molecule has 0 aromatic heterocycles. The Morgan fingerprint density at radius 2 is 1.33 bits per heavy atom. The quantitative estimate of drug-likeness (QED) is 0.781. The maximum absolute atomic E-state index is 3.23. The molecule has 0 saturated heterocycles. The van der Waals surface area contributed by atoms with Gasteiger partial charge < -0.3 is 5.32 Å². The molecule has 0 bridgehead atoms. The molecule has 116 valence electrons. The van der Waals surface area contributed by atoms with Gasteiger partial charge in [-0.15, -0.1) is 0 Å². The molecule has 10 radical (unpaired) electrons. The molecule has 0 amide bonds. The van der Waals surface area contributed by atoms with Crippen LogP contribution >= 0.6 is 0 Å². The first-order valence-corrected chi connectivity index (χ1v) is 7.41. The Labute approximate surface area is 144 Å². The van der Waals surface area contributed by atoms with Crippen LogP contribution in [0.5, 0.6) is 0 Å². The molecule has 0 unspecified atom stereocenters. The van der Waals surface area contributed by atoms with Crippen LogP contribution in [0.1, 0.15) is 27.7 Å². The molecule has 2 rings (SSSR count). The molecule has 0 aliphatic heterocycles. The van der Waals surface area contributed by atoms with Gasteiger partial charge >= 0.3 is 17.1 Å². The van der Waals surface area contributed by atoms with Crippen LogP contribution in [-0.2, 0) is 17.1 Å². The largest absolute Gasteiger partial charge is 2.00 e. The van der Waals surface area contributed by atoms with Gasteiger partial charge in [0.2, 0.25) is 0 Å². The van der Waals surface area contributed by atoms with Gasteiger partial charge in [-0.25, -0.2) is 0 Å². The van der Waals surface area contributed by atoms with E-state index in [1.807, 2.05) is 39.2 Å². The summed E-state index contributed by atoms with van der Waals surface area (Å²) in [5.41, 5.74) is 0. The predicted molar refractivity (Wildman–Crippen MR) is 86.9 cm³/mol. The fourth-order valence-corrected chi connectivity index (χ4v) is 2.32. The first kappa shape index (κ1) is 21.4. The molecule has 0 aromatic rings. The smallest absolute Gasteiger partial charge is 0.312 e. The van der Waals surface area contributed by atoms with Crippen molar-refractivity contribution >= 4 is 0 Å². The van der Waals surface area contributed by atoms with Gasteiger partial charge in [0.05, 0.1) is 0 Å². The van der Waals surface area contributed by atoms with Crippen LogP contribution < -0.4 is 5.32 Å². The summed E-state index contributed by atoms with van der Waals surface area (Å²) in [7, 11) is 1.98. The maximum Gasteiger partial charge on any atom is 2.00 e. The minimum Gasteiger partial charge on any atom is -0.312 e. The number of rotatable bonds is 5. The standard InChI is InChI=1S/C13H23N2.C5H5.Fe/c1-10(2)15(11(3)4)9-12-7-6-8-13(12)14-5;1-2-4-5-3-1;/h6-8,10-11,14H,9H2,1-5H3;1-5H;/q;;+2. The van der Waals surface area contributed by atoms with Crippen molar-refractivity contribution in [2.75, 3.05) is 13.6 Å². The molecule has 2 aliphatic rings. The molecular weight excluding hydrogens is 300 g/mol. The summed E-state index contributed by atoms with van der Waals surface area (Å²) in [6.07, 6.45) is 16.4. The normalized spacial score (nSPS) is 20.0. The van der Waals surface area contributed by atoms with E-state index in [1.54, 1.807) is 0 Å². The summed E-state index contributed by atoms with van der Waals surface area (Å²) >= 11 is 0. The molecule has 21 heavy (non-hydrogen) atoms. The topological polar surface area (TPSA) is 15.3 Å². The van der Waals surface area contributed by atoms with E-state index in [-0.39, 0.29) is 17.1 Å². The molecule has 0 spiro atoms. The van der Waals surface area contributed by atoms with Crippen LogP contribution in [0, 0.1) is 63.3 Å². The minimum atomic E-state index is 0. The Balaban J connectivity index is 0.000000562. The van der Waals surface area contributed by atoms with E-state index in [0.717, 1.165) is 6.54 Å². The zero-order valence-corrected chi connectivity index (χ0v) is 14.9. The van der Waals surface area contributed by atoms with Gasteiger partial charge in [0.25, 0.3) is 0 Å². The van der Waals surface area contributed by atoms with Crippen LogP contribution in [0.25, 0.3) is 0 Å². The Morgan fingerprint density at radius 1 is 0.857 bits per heavy atom. The average molecular weight is 328 g/mol. The summed E-state index contributed by atoms with van der Waals surface area (Å²) in [4.78, 5) is 2.50. The Kier molecular flexibility index (Phi) is 12.2. The summed E-state index contributed by atoms with van der Waals surface area (Å²) in [5.74, 6) is 1.39. The molecule has 0 aromatic carbocycles. The third kappa shape index (κ3) is 8.02.